The molecule has 0 unspecified atom stereocenters. The van der Waals surface area contributed by atoms with Gasteiger partial charge in [-0.15, -0.1) is 11.3 Å². The smallest absolute Gasteiger partial charge is 0.240 e. The van der Waals surface area contributed by atoms with Crippen LogP contribution in [-0.2, 0) is 16.4 Å². The van der Waals surface area contributed by atoms with Gasteiger partial charge in [-0.05, 0) is 49.7 Å². The van der Waals surface area contributed by atoms with Crippen LogP contribution in [0, 0.1) is 6.92 Å². The molecule has 0 saturated carbocycles. The van der Waals surface area contributed by atoms with Crippen LogP contribution in [0.15, 0.2) is 53.7 Å². The number of rotatable bonds is 7. The van der Waals surface area contributed by atoms with E-state index in [1.54, 1.807) is 43.0 Å². The van der Waals surface area contributed by atoms with Gasteiger partial charge in [0.15, 0.2) is 0 Å². The number of hydrogen-bond acceptors (Lipinski definition) is 6. The number of aromatic nitrogens is 2. The molecule has 2 heterocycles. The number of nitrogens with one attached hydrogen (secondary N) is 1. The maximum absolute atomic E-state index is 12.4. The number of benzene rings is 1. The van der Waals surface area contributed by atoms with Crippen LogP contribution in [0.25, 0.3) is 10.6 Å². The number of methoxy groups -OCH3 is 1. The van der Waals surface area contributed by atoms with Crippen LogP contribution in [0.1, 0.15) is 10.6 Å². The Morgan fingerprint density at radius 1 is 1.12 bits per heavy atom. The molecular weight excluding hydrogens is 370 g/mol. The molecule has 6 nitrogen and oxygen atoms in total. The van der Waals surface area contributed by atoms with Gasteiger partial charge in [0.05, 0.1) is 17.7 Å². The standard InChI is InChI=1S/C18H19N3O3S2/c1-13-17(25-18(21-13)14-7-10-19-11-8-14)9-12-20-26(22,23)16-5-3-15(24-2)4-6-16/h3-8,10-11,20H,9,12H2,1-2H3. The molecular formula is C18H19N3O3S2. The van der Waals surface area contributed by atoms with Gasteiger partial charge in [0.1, 0.15) is 10.8 Å². The minimum absolute atomic E-state index is 0.219. The molecule has 1 N–H and O–H groups in total. The number of nitrogens with zero attached hydrogens (tertiary/aromatic N) is 2. The lowest BCUT2D eigenvalue weighted by atomic mass is 10.3. The van der Waals surface area contributed by atoms with Crippen LogP contribution in [0.3, 0.4) is 0 Å². The second kappa shape index (κ2) is 7.94. The average molecular weight is 390 g/mol. The normalized spacial score (nSPS) is 11.5. The zero-order chi connectivity index (χ0) is 18.6. The van der Waals surface area contributed by atoms with Gasteiger partial charge in [0.2, 0.25) is 10.0 Å². The first-order chi connectivity index (χ1) is 12.5. The summed E-state index contributed by atoms with van der Waals surface area (Å²) in [6.07, 6.45) is 4.05. The summed E-state index contributed by atoms with van der Waals surface area (Å²) >= 11 is 1.57. The van der Waals surface area contributed by atoms with E-state index < -0.39 is 10.0 Å². The SMILES string of the molecule is COc1ccc(S(=O)(=O)NCCc2sc(-c3ccncc3)nc2C)cc1. The third kappa shape index (κ3) is 4.27. The molecule has 0 atom stereocenters. The van der Waals surface area contributed by atoms with E-state index in [0.717, 1.165) is 21.1 Å². The van der Waals surface area contributed by atoms with E-state index in [1.807, 2.05) is 19.1 Å². The van der Waals surface area contributed by atoms with Crippen LogP contribution in [0.4, 0.5) is 0 Å². The third-order valence-corrected chi connectivity index (χ3v) is 6.58. The number of hydrogen-bond donors (Lipinski definition) is 1. The predicted octanol–water partition coefficient (Wildman–Crippen LogP) is 3.04. The van der Waals surface area contributed by atoms with E-state index in [-0.39, 0.29) is 4.90 Å². The summed E-state index contributed by atoms with van der Waals surface area (Å²) in [6.45, 7) is 2.25. The van der Waals surface area contributed by atoms with E-state index in [0.29, 0.717) is 18.7 Å². The van der Waals surface area contributed by atoms with Crippen molar-refractivity contribution in [2.24, 2.45) is 0 Å². The van der Waals surface area contributed by atoms with E-state index in [2.05, 4.69) is 14.7 Å². The number of ether oxygens (including phenoxy) is 1. The number of aryl methyl sites for hydroxylation is 1. The summed E-state index contributed by atoms with van der Waals surface area (Å²) in [4.78, 5) is 9.86. The van der Waals surface area contributed by atoms with Crippen LogP contribution < -0.4 is 9.46 Å². The first kappa shape index (κ1) is 18.5. The molecule has 3 aromatic rings. The van der Waals surface area contributed by atoms with Crippen molar-refractivity contribution in [2.75, 3.05) is 13.7 Å². The lowest BCUT2D eigenvalue weighted by molar-refractivity contribution is 0.414. The summed E-state index contributed by atoms with van der Waals surface area (Å²) in [7, 11) is -2.00. The second-order valence-electron chi connectivity index (χ2n) is 5.59. The molecule has 0 spiro atoms. The molecule has 0 fully saturated rings. The molecule has 3 rings (SSSR count). The highest BCUT2D eigenvalue weighted by Crippen LogP contribution is 2.27. The highest BCUT2D eigenvalue weighted by Gasteiger charge is 2.15. The molecule has 0 aliphatic carbocycles. The Morgan fingerprint density at radius 3 is 2.46 bits per heavy atom. The van der Waals surface area contributed by atoms with Gasteiger partial charge >= 0.3 is 0 Å². The first-order valence-corrected chi connectivity index (χ1v) is 10.3. The number of pyridine rings is 1. The summed E-state index contributed by atoms with van der Waals surface area (Å²) in [6, 6.07) is 10.1. The number of thiazole rings is 1. The Balaban J connectivity index is 1.65. The van der Waals surface area contributed by atoms with Crippen LogP contribution in [0.2, 0.25) is 0 Å². The average Bonchev–Trinajstić information content (AvgIpc) is 3.03. The fourth-order valence-corrected chi connectivity index (χ4v) is 4.51. The van der Waals surface area contributed by atoms with Crippen molar-refractivity contribution in [3.63, 3.8) is 0 Å². The second-order valence-corrected chi connectivity index (χ2v) is 8.44. The van der Waals surface area contributed by atoms with Gasteiger partial charge < -0.3 is 4.74 Å². The van der Waals surface area contributed by atoms with E-state index in [9.17, 15) is 8.42 Å². The summed E-state index contributed by atoms with van der Waals surface area (Å²) < 4.78 is 32.4. The zero-order valence-corrected chi connectivity index (χ0v) is 16.1. The molecule has 0 aliphatic heterocycles. The van der Waals surface area contributed by atoms with Crippen molar-refractivity contribution in [2.45, 2.75) is 18.2 Å². The maximum Gasteiger partial charge on any atom is 0.240 e. The molecule has 8 heteroatoms. The summed E-state index contributed by atoms with van der Waals surface area (Å²) in [5, 5.41) is 0.915. The molecule has 0 saturated heterocycles. The zero-order valence-electron chi connectivity index (χ0n) is 14.5. The van der Waals surface area contributed by atoms with Crippen LogP contribution in [0.5, 0.6) is 5.75 Å². The van der Waals surface area contributed by atoms with Gasteiger partial charge in [-0.1, -0.05) is 0 Å². The monoisotopic (exact) mass is 389 g/mol. The highest BCUT2D eigenvalue weighted by molar-refractivity contribution is 7.89. The lowest BCUT2D eigenvalue weighted by Crippen LogP contribution is -2.25. The number of sulfonamides is 1. The maximum atomic E-state index is 12.4. The van der Waals surface area contributed by atoms with E-state index >= 15 is 0 Å². The topological polar surface area (TPSA) is 81.2 Å². The fraction of sp³-hybridized carbons (Fsp3) is 0.222. The third-order valence-electron chi connectivity index (χ3n) is 3.83. The van der Waals surface area contributed by atoms with Crippen molar-refractivity contribution in [1.82, 2.24) is 14.7 Å². The van der Waals surface area contributed by atoms with Crippen LogP contribution >= 0.6 is 11.3 Å². The van der Waals surface area contributed by atoms with Crippen molar-refractivity contribution < 1.29 is 13.2 Å². The van der Waals surface area contributed by atoms with Crippen LogP contribution in [-0.4, -0.2) is 32.0 Å². The van der Waals surface area contributed by atoms with E-state index in [4.69, 9.17) is 4.74 Å². The minimum Gasteiger partial charge on any atom is -0.497 e. The quantitative estimate of drug-likeness (QED) is 0.672. The van der Waals surface area contributed by atoms with Crippen molar-refractivity contribution in [3.05, 3.63) is 59.4 Å². The van der Waals surface area contributed by atoms with Gasteiger partial charge in [0, 0.05) is 29.4 Å². The highest BCUT2D eigenvalue weighted by atomic mass is 32.2. The summed E-state index contributed by atoms with van der Waals surface area (Å²) in [5.41, 5.74) is 1.93. The molecule has 26 heavy (non-hydrogen) atoms. The Hall–Kier alpha value is -2.29. The van der Waals surface area contributed by atoms with Crippen molar-refractivity contribution in [1.29, 1.82) is 0 Å². The molecule has 0 radical (unpaired) electrons. The fourth-order valence-electron chi connectivity index (χ4n) is 2.42. The molecule has 0 bridgehead atoms. The molecule has 1 aromatic carbocycles. The minimum atomic E-state index is -3.54. The van der Waals surface area contributed by atoms with Gasteiger partial charge in [-0.25, -0.2) is 18.1 Å². The van der Waals surface area contributed by atoms with Gasteiger partial charge in [-0.3, -0.25) is 4.98 Å². The van der Waals surface area contributed by atoms with Crippen molar-refractivity contribution >= 4 is 21.4 Å². The Morgan fingerprint density at radius 2 is 1.81 bits per heavy atom. The Labute approximate surface area is 157 Å². The Bertz CT molecular complexity index is 969. The predicted molar refractivity (Wildman–Crippen MR) is 102 cm³/mol. The van der Waals surface area contributed by atoms with Gasteiger partial charge in [-0.2, -0.15) is 0 Å². The Kier molecular flexibility index (Phi) is 5.65. The molecule has 136 valence electrons. The molecule has 0 amide bonds. The largest absolute Gasteiger partial charge is 0.497 e. The van der Waals surface area contributed by atoms with Gasteiger partial charge in [0.25, 0.3) is 0 Å². The molecule has 0 aliphatic rings. The first-order valence-electron chi connectivity index (χ1n) is 8.00. The lowest BCUT2D eigenvalue weighted by Gasteiger charge is -2.07. The van der Waals surface area contributed by atoms with Crippen molar-refractivity contribution in [3.8, 4) is 16.3 Å². The van der Waals surface area contributed by atoms with E-state index in [1.165, 1.54) is 12.1 Å². The summed E-state index contributed by atoms with van der Waals surface area (Å²) in [5.74, 6) is 0.618. The molecule has 2 aromatic heterocycles.